The van der Waals surface area contributed by atoms with Gasteiger partial charge in [0.25, 0.3) is 0 Å². The van der Waals surface area contributed by atoms with E-state index in [2.05, 4.69) is 15.3 Å². The second-order valence-electron chi connectivity index (χ2n) is 3.62. The van der Waals surface area contributed by atoms with Gasteiger partial charge in [0.05, 0.1) is 11.4 Å². The molecular formula is C11H9Cl3N4. The highest BCUT2D eigenvalue weighted by atomic mass is 35.5. The minimum atomic E-state index is 0.123. The van der Waals surface area contributed by atoms with E-state index in [0.29, 0.717) is 32.9 Å². The molecule has 0 spiro atoms. The fourth-order valence-corrected chi connectivity index (χ4v) is 2.14. The summed E-state index contributed by atoms with van der Waals surface area (Å²) in [6, 6.07) is 5.05. The lowest BCUT2D eigenvalue weighted by molar-refractivity contribution is 1.11. The minimum Gasteiger partial charge on any atom is -0.394 e. The van der Waals surface area contributed by atoms with Crippen LogP contribution >= 0.6 is 34.8 Å². The molecule has 18 heavy (non-hydrogen) atoms. The Hall–Kier alpha value is -1.23. The summed E-state index contributed by atoms with van der Waals surface area (Å²) in [5.74, 6) is 0.422. The Morgan fingerprint density at radius 2 is 1.67 bits per heavy atom. The third-order valence-corrected chi connectivity index (χ3v) is 2.84. The summed E-state index contributed by atoms with van der Waals surface area (Å²) in [5.41, 5.74) is 7.57. The van der Waals surface area contributed by atoms with Crippen LogP contribution in [-0.4, -0.2) is 9.97 Å². The molecule has 1 aromatic carbocycles. The van der Waals surface area contributed by atoms with Crippen molar-refractivity contribution in [2.75, 3.05) is 11.1 Å². The van der Waals surface area contributed by atoms with Crippen LogP contribution in [-0.2, 0) is 0 Å². The molecule has 2 aromatic rings. The van der Waals surface area contributed by atoms with Crippen LogP contribution in [0.1, 0.15) is 5.69 Å². The summed E-state index contributed by atoms with van der Waals surface area (Å²) >= 11 is 17.6. The first kappa shape index (κ1) is 13.2. The van der Waals surface area contributed by atoms with Gasteiger partial charge in [-0.25, -0.2) is 4.98 Å². The molecule has 0 atom stereocenters. The van der Waals surface area contributed by atoms with E-state index in [9.17, 15) is 0 Å². The van der Waals surface area contributed by atoms with E-state index < -0.39 is 0 Å². The summed E-state index contributed by atoms with van der Waals surface area (Å²) in [4.78, 5) is 7.97. The number of nitrogen functional groups attached to an aromatic ring is 1. The van der Waals surface area contributed by atoms with Crippen LogP contribution in [0.5, 0.6) is 0 Å². The maximum atomic E-state index is 5.90. The van der Waals surface area contributed by atoms with Crippen molar-refractivity contribution in [1.29, 1.82) is 0 Å². The third kappa shape index (κ3) is 2.96. The van der Waals surface area contributed by atoms with Crippen LogP contribution in [0.4, 0.5) is 17.2 Å². The number of benzene rings is 1. The molecule has 0 amide bonds. The number of nitrogens with two attached hydrogens (primary N) is 1. The standard InChI is InChI=1S/C11H9Cl3N4/c1-5-9(15)10(18-11(14)16-5)17-8-3-6(12)2-7(13)4-8/h2-4H,15H2,1H3,(H,16,17,18). The van der Waals surface area contributed by atoms with Gasteiger partial charge in [-0.15, -0.1) is 0 Å². The predicted octanol–water partition coefficient (Wildman–Crippen LogP) is 4.07. The number of rotatable bonds is 2. The molecular weight excluding hydrogens is 295 g/mol. The minimum absolute atomic E-state index is 0.123. The Morgan fingerprint density at radius 1 is 1.06 bits per heavy atom. The molecule has 0 saturated carbocycles. The molecule has 3 N–H and O–H groups in total. The molecule has 7 heteroatoms. The van der Waals surface area contributed by atoms with Gasteiger partial charge in [0, 0.05) is 15.7 Å². The van der Waals surface area contributed by atoms with Crippen molar-refractivity contribution in [2.45, 2.75) is 6.92 Å². The van der Waals surface area contributed by atoms with Crippen molar-refractivity contribution in [2.24, 2.45) is 0 Å². The number of aromatic nitrogens is 2. The predicted molar refractivity (Wildman–Crippen MR) is 75.9 cm³/mol. The topological polar surface area (TPSA) is 63.8 Å². The molecule has 0 radical (unpaired) electrons. The molecule has 0 saturated heterocycles. The van der Waals surface area contributed by atoms with E-state index in [1.165, 1.54) is 0 Å². The van der Waals surface area contributed by atoms with Gasteiger partial charge in [0.15, 0.2) is 5.82 Å². The van der Waals surface area contributed by atoms with Crippen molar-refractivity contribution >= 4 is 52.0 Å². The van der Waals surface area contributed by atoms with Gasteiger partial charge in [-0.3, -0.25) is 0 Å². The molecule has 4 nitrogen and oxygen atoms in total. The maximum Gasteiger partial charge on any atom is 0.224 e. The zero-order valence-electron chi connectivity index (χ0n) is 9.34. The van der Waals surface area contributed by atoms with Crippen molar-refractivity contribution in [3.05, 3.63) is 39.2 Å². The van der Waals surface area contributed by atoms with Crippen molar-refractivity contribution in [3.8, 4) is 0 Å². The van der Waals surface area contributed by atoms with Crippen LogP contribution in [0.2, 0.25) is 15.3 Å². The normalized spacial score (nSPS) is 10.4. The van der Waals surface area contributed by atoms with Crippen molar-refractivity contribution in [3.63, 3.8) is 0 Å². The van der Waals surface area contributed by atoms with Gasteiger partial charge in [0.2, 0.25) is 5.28 Å². The van der Waals surface area contributed by atoms with E-state index in [4.69, 9.17) is 40.5 Å². The monoisotopic (exact) mass is 302 g/mol. The van der Waals surface area contributed by atoms with E-state index in [1.807, 2.05) is 0 Å². The second-order valence-corrected chi connectivity index (χ2v) is 4.83. The Labute approximate surface area is 119 Å². The molecule has 0 unspecified atom stereocenters. The fourth-order valence-electron chi connectivity index (χ4n) is 1.41. The fraction of sp³-hybridized carbons (Fsp3) is 0.0909. The molecule has 0 aliphatic rings. The van der Waals surface area contributed by atoms with Gasteiger partial charge in [-0.2, -0.15) is 4.98 Å². The van der Waals surface area contributed by atoms with Gasteiger partial charge in [-0.1, -0.05) is 23.2 Å². The lowest BCUT2D eigenvalue weighted by Crippen LogP contribution is -2.03. The number of hydrogen-bond donors (Lipinski definition) is 2. The van der Waals surface area contributed by atoms with Crippen molar-refractivity contribution < 1.29 is 0 Å². The molecule has 94 valence electrons. The van der Waals surface area contributed by atoms with Gasteiger partial charge in [-0.05, 0) is 36.7 Å². The lowest BCUT2D eigenvalue weighted by Gasteiger charge is -2.10. The zero-order chi connectivity index (χ0) is 13.3. The number of hydrogen-bond acceptors (Lipinski definition) is 4. The lowest BCUT2D eigenvalue weighted by atomic mass is 10.3. The Kier molecular flexibility index (Phi) is 3.80. The highest BCUT2D eigenvalue weighted by molar-refractivity contribution is 6.35. The van der Waals surface area contributed by atoms with Gasteiger partial charge in [0.1, 0.15) is 0 Å². The summed E-state index contributed by atoms with van der Waals surface area (Å²) < 4.78 is 0. The number of nitrogens with zero attached hydrogens (tertiary/aromatic N) is 2. The number of aryl methyl sites for hydroxylation is 1. The summed E-state index contributed by atoms with van der Waals surface area (Å²) in [5, 5.41) is 4.16. The Bertz CT molecular complexity index is 581. The van der Waals surface area contributed by atoms with E-state index >= 15 is 0 Å². The van der Waals surface area contributed by atoms with Crippen LogP contribution in [0.15, 0.2) is 18.2 Å². The number of anilines is 3. The van der Waals surface area contributed by atoms with Crippen LogP contribution in [0.3, 0.4) is 0 Å². The quantitative estimate of drug-likeness (QED) is 0.821. The first-order valence-electron chi connectivity index (χ1n) is 4.98. The van der Waals surface area contributed by atoms with Crippen LogP contribution in [0, 0.1) is 6.92 Å². The summed E-state index contributed by atoms with van der Waals surface area (Å²) in [6.45, 7) is 1.75. The summed E-state index contributed by atoms with van der Waals surface area (Å²) in [7, 11) is 0. The van der Waals surface area contributed by atoms with Gasteiger partial charge < -0.3 is 11.1 Å². The van der Waals surface area contributed by atoms with Gasteiger partial charge >= 0.3 is 0 Å². The largest absolute Gasteiger partial charge is 0.394 e. The number of nitrogens with one attached hydrogen (secondary N) is 1. The average molecular weight is 304 g/mol. The van der Waals surface area contributed by atoms with Crippen molar-refractivity contribution in [1.82, 2.24) is 9.97 Å². The molecule has 0 fully saturated rings. The maximum absolute atomic E-state index is 5.90. The first-order chi connectivity index (χ1) is 8.45. The Morgan fingerprint density at radius 3 is 2.28 bits per heavy atom. The first-order valence-corrected chi connectivity index (χ1v) is 6.12. The molecule has 1 heterocycles. The molecule has 2 rings (SSSR count). The van der Waals surface area contributed by atoms with E-state index in [-0.39, 0.29) is 5.28 Å². The third-order valence-electron chi connectivity index (χ3n) is 2.23. The second kappa shape index (κ2) is 5.18. The molecule has 0 aliphatic heterocycles. The summed E-state index contributed by atoms with van der Waals surface area (Å²) in [6.07, 6.45) is 0. The molecule has 0 bridgehead atoms. The number of halogens is 3. The highest BCUT2D eigenvalue weighted by Crippen LogP contribution is 2.28. The zero-order valence-corrected chi connectivity index (χ0v) is 11.6. The van der Waals surface area contributed by atoms with E-state index in [1.54, 1.807) is 25.1 Å². The average Bonchev–Trinajstić information content (AvgIpc) is 2.23. The smallest absolute Gasteiger partial charge is 0.224 e. The molecule has 1 aromatic heterocycles. The highest BCUT2D eigenvalue weighted by Gasteiger charge is 2.08. The SMILES string of the molecule is Cc1nc(Cl)nc(Nc2cc(Cl)cc(Cl)c2)c1N. The van der Waals surface area contributed by atoms with Crippen LogP contribution < -0.4 is 11.1 Å². The Balaban J connectivity index is 2.39. The van der Waals surface area contributed by atoms with Crippen LogP contribution in [0.25, 0.3) is 0 Å². The molecule has 0 aliphatic carbocycles. The van der Waals surface area contributed by atoms with E-state index in [0.717, 1.165) is 0 Å².